The number of thiazole rings is 1. The van der Waals surface area contributed by atoms with Crippen LogP contribution in [-0.2, 0) is 17.6 Å². The smallest absolute Gasteiger partial charge is 0.317 e. The number of aliphatic carboxylic acids is 1. The molecular weight excluding hydrogens is 474 g/mol. The van der Waals surface area contributed by atoms with Crippen molar-refractivity contribution in [2.45, 2.75) is 26.7 Å². The second-order valence-electron chi connectivity index (χ2n) is 8.35. The van der Waals surface area contributed by atoms with Crippen molar-refractivity contribution in [1.82, 2.24) is 19.9 Å². The Labute approximate surface area is 207 Å². The fourth-order valence-corrected chi connectivity index (χ4v) is 5.16. The van der Waals surface area contributed by atoms with E-state index < -0.39 is 5.97 Å². The van der Waals surface area contributed by atoms with Crippen LogP contribution >= 0.6 is 22.9 Å². The quantitative estimate of drug-likeness (QED) is 0.470. The number of aromatic nitrogens is 3. The molecule has 1 N–H and O–H groups in total. The summed E-state index contributed by atoms with van der Waals surface area (Å²) in [5.41, 5.74) is 2.69. The van der Waals surface area contributed by atoms with Crippen molar-refractivity contribution in [3.05, 3.63) is 68.0 Å². The third-order valence-corrected chi connectivity index (χ3v) is 7.18. The number of hydrogen-bond donors (Lipinski definition) is 1. The van der Waals surface area contributed by atoms with Crippen LogP contribution in [0.1, 0.15) is 37.3 Å². The van der Waals surface area contributed by atoms with Gasteiger partial charge in [-0.2, -0.15) is 0 Å². The summed E-state index contributed by atoms with van der Waals surface area (Å²) in [5, 5.41) is 10.4. The molecule has 3 heterocycles. The highest BCUT2D eigenvalue weighted by atomic mass is 35.5. The molecule has 1 aliphatic heterocycles. The van der Waals surface area contributed by atoms with E-state index >= 15 is 0 Å². The van der Waals surface area contributed by atoms with Gasteiger partial charge in [0.15, 0.2) is 5.78 Å². The molecule has 1 aromatic carbocycles. The molecule has 0 bridgehead atoms. The number of aryl methyl sites for hydroxylation is 2. The standard InChI is InChI=1S/C24H26ClN5O3S/c1-15-4-3-5-19(25)18(15)12-20(31)21-13-26-23(34-21)11-17-10-22(28-16(2)27-17)30-8-6-29(7-9-30)14-24(32)33/h3-5,10,13H,6-9,11-12,14H2,1-2H3,(H,32,33). The van der Waals surface area contributed by atoms with Crippen molar-refractivity contribution in [3.63, 3.8) is 0 Å². The van der Waals surface area contributed by atoms with Crippen LogP contribution in [0.5, 0.6) is 0 Å². The first-order chi connectivity index (χ1) is 16.3. The van der Waals surface area contributed by atoms with E-state index in [1.54, 1.807) is 12.3 Å². The third kappa shape index (κ3) is 5.97. The van der Waals surface area contributed by atoms with Gasteiger partial charge in [-0.15, -0.1) is 11.3 Å². The molecule has 34 heavy (non-hydrogen) atoms. The number of hydrogen-bond acceptors (Lipinski definition) is 8. The highest BCUT2D eigenvalue weighted by Crippen LogP contribution is 2.24. The van der Waals surface area contributed by atoms with Crippen LogP contribution in [0.25, 0.3) is 0 Å². The topological polar surface area (TPSA) is 99.5 Å². The number of rotatable bonds is 8. The fraction of sp³-hybridized carbons (Fsp3) is 0.375. The van der Waals surface area contributed by atoms with Crippen LogP contribution in [0, 0.1) is 13.8 Å². The minimum atomic E-state index is -0.808. The number of Topliss-reactive ketones (excluding diaryl/α,β-unsaturated/α-hetero) is 1. The third-order valence-electron chi connectivity index (χ3n) is 5.78. The summed E-state index contributed by atoms with van der Waals surface area (Å²) in [6, 6.07) is 7.59. The molecular formula is C24H26ClN5O3S. The van der Waals surface area contributed by atoms with Gasteiger partial charge in [0.05, 0.1) is 22.1 Å². The molecule has 0 amide bonds. The Balaban J connectivity index is 1.42. The van der Waals surface area contributed by atoms with E-state index in [0.717, 1.165) is 27.6 Å². The van der Waals surface area contributed by atoms with Crippen LogP contribution in [-0.4, -0.2) is 69.4 Å². The Morgan fingerprint density at radius 1 is 1.15 bits per heavy atom. The predicted molar refractivity (Wildman–Crippen MR) is 132 cm³/mol. The van der Waals surface area contributed by atoms with E-state index in [2.05, 4.69) is 19.9 Å². The fourth-order valence-electron chi connectivity index (χ4n) is 4.00. The number of carbonyl (C=O) groups is 2. The van der Waals surface area contributed by atoms with Gasteiger partial charge in [-0.05, 0) is 31.0 Å². The van der Waals surface area contributed by atoms with Crippen molar-refractivity contribution in [2.75, 3.05) is 37.6 Å². The summed E-state index contributed by atoms with van der Waals surface area (Å²) in [5.74, 6) is 0.692. The summed E-state index contributed by atoms with van der Waals surface area (Å²) in [6.07, 6.45) is 2.39. The number of carboxylic acids is 1. The van der Waals surface area contributed by atoms with Gasteiger partial charge in [0.2, 0.25) is 0 Å². The van der Waals surface area contributed by atoms with Gasteiger partial charge in [-0.1, -0.05) is 23.7 Å². The normalized spacial score (nSPS) is 14.4. The number of carbonyl (C=O) groups excluding carboxylic acids is 1. The lowest BCUT2D eigenvalue weighted by atomic mass is 10.0. The Kier molecular flexibility index (Phi) is 7.55. The lowest BCUT2D eigenvalue weighted by Gasteiger charge is -2.34. The van der Waals surface area contributed by atoms with Crippen LogP contribution in [0.4, 0.5) is 5.82 Å². The molecule has 3 aromatic rings. The van der Waals surface area contributed by atoms with Crippen LogP contribution in [0.2, 0.25) is 5.02 Å². The number of anilines is 1. The lowest BCUT2D eigenvalue weighted by molar-refractivity contribution is -0.138. The molecule has 0 atom stereocenters. The molecule has 0 aliphatic carbocycles. The molecule has 2 aromatic heterocycles. The van der Waals surface area contributed by atoms with Crippen LogP contribution in [0.3, 0.4) is 0 Å². The Morgan fingerprint density at radius 3 is 2.62 bits per heavy atom. The molecule has 0 saturated carbocycles. The van der Waals surface area contributed by atoms with E-state index in [9.17, 15) is 9.59 Å². The van der Waals surface area contributed by atoms with Crippen LogP contribution < -0.4 is 4.90 Å². The predicted octanol–water partition coefficient (Wildman–Crippen LogP) is 3.43. The van der Waals surface area contributed by atoms with E-state index in [1.165, 1.54) is 11.3 Å². The van der Waals surface area contributed by atoms with E-state index in [1.807, 2.05) is 36.9 Å². The SMILES string of the molecule is Cc1nc(Cc2ncc(C(=O)Cc3c(C)cccc3Cl)s2)cc(N2CCN(CC(=O)O)CC2)n1. The van der Waals surface area contributed by atoms with E-state index in [-0.39, 0.29) is 18.7 Å². The van der Waals surface area contributed by atoms with Crippen molar-refractivity contribution < 1.29 is 14.7 Å². The van der Waals surface area contributed by atoms with Gasteiger partial charge in [0.25, 0.3) is 0 Å². The first kappa shape index (κ1) is 24.3. The molecule has 0 spiro atoms. The molecule has 4 rings (SSSR count). The Bertz CT molecular complexity index is 1190. The number of piperazine rings is 1. The van der Waals surface area contributed by atoms with Crippen molar-refractivity contribution in [3.8, 4) is 0 Å². The first-order valence-electron chi connectivity index (χ1n) is 11.0. The van der Waals surface area contributed by atoms with Crippen LogP contribution in [0.15, 0.2) is 30.5 Å². The number of halogens is 1. The van der Waals surface area contributed by atoms with Gasteiger partial charge in [-0.25, -0.2) is 15.0 Å². The zero-order chi connectivity index (χ0) is 24.2. The largest absolute Gasteiger partial charge is 0.480 e. The molecule has 1 saturated heterocycles. The van der Waals surface area contributed by atoms with Crippen molar-refractivity contribution >= 4 is 40.5 Å². The molecule has 1 fully saturated rings. The molecule has 178 valence electrons. The Morgan fingerprint density at radius 2 is 1.91 bits per heavy atom. The maximum absolute atomic E-state index is 12.8. The van der Waals surface area contributed by atoms with Gasteiger partial charge in [0, 0.05) is 56.3 Å². The van der Waals surface area contributed by atoms with Gasteiger partial charge in [0.1, 0.15) is 11.6 Å². The summed E-state index contributed by atoms with van der Waals surface area (Å²) in [6.45, 7) is 6.63. The average Bonchev–Trinajstić information content (AvgIpc) is 3.24. The second-order valence-corrected chi connectivity index (χ2v) is 9.87. The maximum atomic E-state index is 12.8. The van der Waals surface area contributed by atoms with E-state index in [0.29, 0.717) is 48.3 Å². The number of nitrogens with zero attached hydrogens (tertiary/aromatic N) is 5. The van der Waals surface area contributed by atoms with Gasteiger partial charge < -0.3 is 10.0 Å². The van der Waals surface area contributed by atoms with Gasteiger partial charge in [-0.3, -0.25) is 14.5 Å². The average molecular weight is 500 g/mol. The maximum Gasteiger partial charge on any atom is 0.317 e. The molecule has 1 aliphatic rings. The summed E-state index contributed by atoms with van der Waals surface area (Å²) >= 11 is 7.67. The summed E-state index contributed by atoms with van der Waals surface area (Å²) in [4.78, 5) is 42.0. The minimum Gasteiger partial charge on any atom is -0.480 e. The molecule has 0 unspecified atom stereocenters. The lowest BCUT2D eigenvalue weighted by Crippen LogP contribution is -2.48. The summed E-state index contributed by atoms with van der Waals surface area (Å²) < 4.78 is 0. The highest BCUT2D eigenvalue weighted by Gasteiger charge is 2.21. The van der Waals surface area contributed by atoms with Gasteiger partial charge >= 0.3 is 5.97 Å². The zero-order valence-corrected chi connectivity index (χ0v) is 20.7. The number of ketones is 1. The molecule has 8 nitrogen and oxygen atoms in total. The first-order valence-corrected chi connectivity index (χ1v) is 12.2. The zero-order valence-electron chi connectivity index (χ0n) is 19.1. The van der Waals surface area contributed by atoms with Crippen molar-refractivity contribution in [2.24, 2.45) is 0 Å². The Hall–Kier alpha value is -2.88. The highest BCUT2D eigenvalue weighted by molar-refractivity contribution is 7.13. The number of benzene rings is 1. The molecule has 0 radical (unpaired) electrons. The number of carboxylic acid groups (broad SMARTS) is 1. The molecule has 10 heteroatoms. The van der Waals surface area contributed by atoms with Crippen molar-refractivity contribution in [1.29, 1.82) is 0 Å². The second kappa shape index (κ2) is 10.6. The van der Waals surface area contributed by atoms with E-state index in [4.69, 9.17) is 16.7 Å². The minimum absolute atomic E-state index is 0.00117. The summed E-state index contributed by atoms with van der Waals surface area (Å²) in [7, 11) is 0. The monoisotopic (exact) mass is 499 g/mol.